The van der Waals surface area contributed by atoms with Crippen molar-refractivity contribution in [1.29, 1.82) is 0 Å². The van der Waals surface area contributed by atoms with Crippen molar-refractivity contribution in [3.63, 3.8) is 0 Å². The first kappa shape index (κ1) is 13.0. The standard InChI is InChI=1S/C12H12N2O5/c1-7(6-13-12(17)18)19-14-10(15)8-4-2-3-5-9(8)11(14)16/h2-5,7,13H,6H2,1H3,(H,17,18). The van der Waals surface area contributed by atoms with Gasteiger partial charge in [0.05, 0.1) is 11.1 Å². The molecule has 7 heteroatoms. The lowest BCUT2D eigenvalue weighted by Gasteiger charge is -2.18. The van der Waals surface area contributed by atoms with E-state index in [2.05, 4.69) is 5.32 Å². The Morgan fingerprint density at radius 2 is 1.84 bits per heavy atom. The monoisotopic (exact) mass is 264 g/mol. The van der Waals surface area contributed by atoms with E-state index >= 15 is 0 Å². The number of rotatable bonds is 4. The van der Waals surface area contributed by atoms with Crippen LogP contribution in [0.25, 0.3) is 0 Å². The molecule has 0 aromatic heterocycles. The van der Waals surface area contributed by atoms with Crippen LogP contribution in [0.3, 0.4) is 0 Å². The maximum absolute atomic E-state index is 11.9. The zero-order valence-corrected chi connectivity index (χ0v) is 10.1. The third kappa shape index (κ3) is 2.55. The van der Waals surface area contributed by atoms with Crippen molar-refractivity contribution in [3.05, 3.63) is 35.4 Å². The third-order valence-corrected chi connectivity index (χ3v) is 2.58. The molecule has 2 rings (SSSR count). The van der Waals surface area contributed by atoms with Crippen LogP contribution in [0.5, 0.6) is 0 Å². The topological polar surface area (TPSA) is 95.9 Å². The highest BCUT2D eigenvalue weighted by molar-refractivity contribution is 6.20. The molecule has 0 bridgehead atoms. The molecule has 3 amide bonds. The summed E-state index contributed by atoms with van der Waals surface area (Å²) in [5.74, 6) is -1.08. The molecule has 0 aliphatic carbocycles. The van der Waals surface area contributed by atoms with Crippen LogP contribution < -0.4 is 5.32 Å². The molecule has 0 saturated carbocycles. The highest BCUT2D eigenvalue weighted by atomic mass is 16.7. The summed E-state index contributed by atoms with van der Waals surface area (Å²) in [6.07, 6.45) is -1.84. The molecule has 2 N–H and O–H groups in total. The number of hydrogen-bond acceptors (Lipinski definition) is 4. The van der Waals surface area contributed by atoms with Crippen LogP contribution in [0.15, 0.2) is 24.3 Å². The molecule has 1 aliphatic heterocycles. The van der Waals surface area contributed by atoms with E-state index in [0.29, 0.717) is 5.06 Å². The molecule has 0 saturated heterocycles. The lowest BCUT2D eigenvalue weighted by Crippen LogP contribution is -2.39. The molecule has 1 aliphatic rings. The van der Waals surface area contributed by atoms with Crippen molar-refractivity contribution in [3.8, 4) is 0 Å². The number of carbonyl (C=O) groups excluding carboxylic acids is 2. The second-order valence-electron chi connectivity index (χ2n) is 4.05. The van der Waals surface area contributed by atoms with Gasteiger partial charge in [0, 0.05) is 6.54 Å². The van der Waals surface area contributed by atoms with Gasteiger partial charge in [-0.05, 0) is 19.1 Å². The Labute approximate surface area is 108 Å². The fourth-order valence-corrected chi connectivity index (χ4v) is 1.71. The number of amides is 3. The minimum atomic E-state index is -1.20. The van der Waals surface area contributed by atoms with Crippen LogP contribution in [0.2, 0.25) is 0 Å². The maximum Gasteiger partial charge on any atom is 0.404 e. The molecule has 1 aromatic carbocycles. The molecule has 0 spiro atoms. The van der Waals surface area contributed by atoms with Gasteiger partial charge < -0.3 is 10.4 Å². The van der Waals surface area contributed by atoms with E-state index in [9.17, 15) is 14.4 Å². The SMILES string of the molecule is CC(CNC(=O)O)ON1C(=O)c2ccccc2C1=O. The fourth-order valence-electron chi connectivity index (χ4n) is 1.71. The van der Waals surface area contributed by atoms with Gasteiger partial charge in [0.1, 0.15) is 6.10 Å². The Bertz CT molecular complexity index is 508. The number of fused-ring (bicyclic) bond motifs is 1. The minimum Gasteiger partial charge on any atom is -0.465 e. The average molecular weight is 264 g/mol. The molecular weight excluding hydrogens is 252 g/mol. The van der Waals surface area contributed by atoms with Crippen molar-refractivity contribution in [1.82, 2.24) is 10.4 Å². The van der Waals surface area contributed by atoms with Gasteiger partial charge in [-0.3, -0.25) is 14.4 Å². The molecule has 1 heterocycles. The number of benzene rings is 1. The first-order valence-corrected chi connectivity index (χ1v) is 5.62. The third-order valence-electron chi connectivity index (χ3n) is 2.58. The summed E-state index contributed by atoms with van der Waals surface area (Å²) < 4.78 is 0. The van der Waals surface area contributed by atoms with Gasteiger partial charge >= 0.3 is 6.09 Å². The molecule has 7 nitrogen and oxygen atoms in total. The van der Waals surface area contributed by atoms with Gasteiger partial charge in [0.25, 0.3) is 11.8 Å². The van der Waals surface area contributed by atoms with Crippen LogP contribution >= 0.6 is 0 Å². The Morgan fingerprint density at radius 3 is 2.32 bits per heavy atom. The van der Waals surface area contributed by atoms with Crippen LogP contribution in [-0.4, -0.2) is 40.7 Å². The van der Waals surface area contributed by atoms with Gasteiger partial charge in [0.15, 0.2) is 0 Å². The number of nitrogens with zero attached hydrogens (tertiary/aromatic N) is 1. The van der Waals surface area contributed by atoms with Crippen molar-refractivity contribution in [2.24, 2.45) is 0 Å². The summed E-state index contributed by atoms with van der Waals surface area (Å²) in [7, 11) is 0. The van der Waals surface area contributed by atoms with Crippen molar-refractivity contribution >= 4 is 17.9 Å². The fraction of sp³-hybridized carbons (Fsp3) is 0.250. The average Bonchev–Trinajstić information content (AvgIpc) is 2.62. The summed E-state index contributed by atoms with van der Waals surface area (Å²) in [6, 6.07) is 6.39. The van der Waals surface area contributed by atoms with Gasteiger partial charge in [-0.15, -0.1) is 5.06 Å². The van der Waals surface area contributed by atoms with E-state index in [0.717, 1.165) is 0 Å². The molecule has 100 valence electrons. The van der Waals surface area contributed by atoms with Crippen LogP contribution in [-0.2, 0) is 4.84 Å². The quantitative estimate of drug-likeness (QED) is 0.787. The molecule has 19 heavy (non-hydrogen) atoms. The summed E-state index contributed by atoms with van der Waals surface area (Å²) in [4.78, 5) is 39.4. The molecule has 1 unspecified atom stereocenters. The zero-order chi connectivity index (χ0) is 14.0. The molecule has 0 fully saturated rings. The van der Waals surface area contributed by atoms with Crippen molar-refractivity contribution in [2.45, 2.75) is 13.0 Å². The molecule has 1 atom stereocenters. The Hall–Kier alpha value is -2.41. The first-order valence-electron chi connectivity index (χ1n) is 5.62. The number of nitrogens with one attached hydrogen (secondary N) is 1. The molecule has 0 radical (unpaired) electrons. The van der Waals surface area contributed by atoms with E-state index in [4.69, 9.17) is 9.94 Å². The number of imide groups is 1. The van der Waals surface area contributed by atoms with E-state index < -0.39 is 24.0 Å². The predicted octanol–water partition coefficient (Wildman–Crippen LogP) is 0.870. The van der Waals surface area contributed by atoms with E-state index in [1.54, 1.807) is 31.2 Å². The van der Waals surface area contributed by atoms with Gasteiger partial charge in [-0.25, -0.2) is 4.79 Å². The second-order valence-corrected chi connectivity index (χ2v) is 4.05. The number of carbonyl (C=O) groups is 3. The lowest BCUT2D eigenvalue weighted by atomic mass is 10.1. The summed E-state index contributed by atoms with van der Waals surface area (Å²) >= 11 is 0. The Balaban J connectivity index is 2.06. The Kier molecular flexibility index (Phi) is 3.48. The number of carboxylic acid groups (broad SMARTS) is 1. The van der Waals surface area contributed by atoms with E-state index in [-0.39, 0.29) is 17.7 Å². The highest BCUT2D eigenvalue weighted by Crippen LogP contribution is 2.23. The van der Waals surface area contributed by atoms with Crippen LogP contribution in [0.4, 0.5) is 4.79 Å². The van der Waals surface area contributed by atoms with Crippen molar-refractivity contribution in [2.75, 3.05) is 6.54 Å². The highest BCUT2D eigenvalue weighted by Gasteiger charge is 2.37. The first-order chi connectivity index (χ1) is 9.00. The number of hydroxylamine groups is 2. The van der Waals surface area contributed by atoms with E-state index in [1.165, 1.54) is 0 Å². The zero-order valence-electron chi connectivity index (χ0n) is 10.1. The summed E-state index contributed by atoms with van der Waals surface area (Å²) in [5, 5.41) is 11.2. The summed E-state index contributed by atoms with van der Waals surface area (Å²) in [5.41, 5.74) is 0.566. The van der Waals surface area contributed by atoms with Gasteiger partial charge in [-0.1, -0.05) is 12.1 Å². The molecular formula is C12H12N2O5. The van der Waals surface area contributed by atoms with Crippen molar-refractivity contribution < 1.29 is 24.3 Å². The smallest absolute Gasteiger partial charge is 0.404 e. The van der Waals surface area contributed by atoms with Gasteiger partial charge in [0.2, 0.25) is 0 Å². The van der Waals surface area contributed by atoms with E-state index in [1.807, 2.05) is 0 Å². The largest absolute Gasteiger partial charge is 0.465 e. The normalized spacial score (nSPS) is 15.3. The number of hydrogen-bond donors (Lipinski definition) is 2. The van der Waals surface area contributed by atoms with Crippen LogP contribution in [0, 0.1) is 0 Å². The lowest BCUT2D eigenvalue weighted by molar-refractivity contribution is -0.124. The summed E-state index contributed by atoms with van der Waals surface area (Å²) in [6.45, 7) is 1.53. The second kappa shape index (κ2) is 5.07. The minimum absolute atomic E-state index is 0.0251. The molecule has 1 aromatic rings. The Morgan fingerprint density at radius 1 is 1.32 bits per heavy atom. The maximum atomic E-state index is 11.9. The van der Waals surface area contributed by atoms with Crippen LogP contribution in [0.1, 0.15) is 27.6 Å². The van der Waals surface area contributed by atoms with Gasteiger partial charge in [-0.2, -0.15) is 0 Å². The predicted molar refractivity (Wildman–Crippen MR) is 63.5 cm³/mol.